The Morgan fingerprint density at radius 2 is 2.14 bits per heavy atom. The summed E-state index contributed by atoms with van der Waals surface area (Å²) in [6.45, 7) is -1.06. The van der Waals surface area contributed by atoms with E-state index in [1.54, 1.807) is 0 Å². The molecule has 21 heavy (non-hydrogen) atoms. The standard InChI is InChI=1S/C14H17NO6/c1-2-3-15-13(19)8(6-16)4-9(14(15)20)11-5-10(18)12(7-17)21-11/h1,4,9-12,16-18H,3,5-7H2. The first-order valence-corrected chi connectivity index (χ1v) is 6.58. The minimum atomic E-state index is -0.877. The molecule has 2 aliphatic rings. The lowest BCUT2D eigenvalue weighted by Gasteiger charge is -2.31. The lowest BCUT2D eigenvalue weighted by Crippen LogP contribution is -2.48. The van der Waals surface area contributed by atoms with Crippen LogP contribution in [-0.2, 0) is 14.3 Å². The molecule has 0 radical (unpaired) electrons. The Labute approximate surface area is 121 Å². The fourth-order valence-corrected chi connectivity index (χ4v) is 2.60. The van der Waals surface area contributed by atoms with Crippen LogP contribution in [0.15, 0.2) is 11.6 Å². The number of hydrogen-bond acceptors (Lipinski definition) is 6. The lowest BCUT2D eigenvalue weighted by atomic mass is 9.91. The summed E-state index contributed by atoms with van der Waals surface area (Å²) in [5.41, 5.74) is 0.0698. The van der Waals surface area contributed by atoms with E-state index < -0.39 is 42.7 Å². The molecule has 2 aliphatic heterocycles. The summed E-state index contributed by atoms with van der Waals surface area (Å²) < 4.78 is 5.45. The van der Waals surface area contributed by atoms with E-state index in [2.05, 4.69) is 5.92 Å². The molecule has 2 rings (SSSR count). The van der Waals surface area contributed by atoms with Gasteiger partial charge < -0.3 is 20.1 Å². The van der Waals surface area contributed by atoms with E-state index in [9.17, 15) is 19.8 Å². The fraction of sp³-hybridized carbons (Fsp3) is 0.571. The van der Waals surface area contributed by atoms with E-state index in [-0.39, 0.29) is 25.1 Å². The van der Waals surface area contributed by atoms with Crippen LogP contribution >= 0.6 is 0 Å². The quantitative estimate of drug-likeness (QED) is 0.410. The van der Waals surface area contributed by atoms with Crippen LogP contribution in [0.4, 0.5) is 0 Å². The van der Waals surface area contributed by atoms with E-state index in [0.717, 1.165) is 4.90 Å². The first-order chi connectivity index (χ1) is 10.0. The average Bonchev–Trinajstić information content (AvgIpc) is 2.84. The molecule has 4 unspecified atom stereocenters. The van der Waals surface area contributed by atoms with Crippen LogP contribution in [0.5, 0.6) is 0 Å². The summed E-state index contributed by atoms with van der Waals surface area (Å²) in [6, 6.07) is 0. The van der Waals surface area contributed by atoms with E-state index >= 15 is 0 Å². The van der Waals surface area contributed by atoms with Crippen LogP contribution in [0.1, 0.15) is 6.42 Å². The summed E-state index contributed by atoms with van der Waals surface area (Å²) in [7, 11) is 0. The molecule has 0 saturated carbocycles. The summed E-state index contributed by atoms with van der Waals surface area (Å²) >= 11 is 0. The highest BCUT2D eigenvalue weighted by Crippen LogP contribution is 2.31. The number of nitrogens with zero attached hydrogens (tertiary/aromatic N) is 1. The molecule has 2 heterocycles. The van der Waals surface area contributed by atoms with Gasteiger partial charge in [0.25, 0.3) is 5.91 Å². The van der Waals surface area contributed by atoms with Gasteiger partial charge in [0.05, 0.1) is 37.9 Å². The van der Waals surface area contributed by atoms with Gasteiger partial charge in [-0.3, -0.25) is 14.5 Å². The number of carbonyl (C=O) groups excluding carboxylic acids is 2. The lowest BCUT2D eigenvalue weighted by molar-refractivity contribution is -0.148. The molecule has 0 aromatic heterocycles. The summed E-state index contributed by atoms with van der Waals surface area (Å²) in [5.74, 6) is 0.274. The second-order valence-corrected chi connectivity index (χ2v) is 5.01. The highest BCUT2D eigenvalue weighted by molar-refractivity contribution is 6.08. The third kappa shape index (κ3) is 2.84. The van der Waals surface area contributed by atoms with Crippen molar-refractivity contribution in [2.75, 3.05) is 19.8 Å². The van der Waals surface area contributed by atoms with Gasteiger partial charge in [0.15, 0.2) is 0 Å². The van der Waals surface area contributed by atoms with E-state index in [0.29, 0.717) is 0 Å². The summed E-state index contributed by atoms with van der Waals surface area (Å²) in [5, 5.41) is 28.1. The molecule has 0 bridgehead atoms. The Hall–Kier alpha value is -1.72. The summed E-state index contributed by atoms with van der Waals surface area (Å²) in [6.07, 6.45) is 4.37. The zero-order valence-electron chi connectivity index (χ0n) is 11.3. The van der Waals surface area contributed by atoms with Crippen molar-refractivity contribution in [3.05, 3.63) is 11.6 Å². The topological polar surface area (TPSA) is 107 Å². The monoisotopic (exact) mass is 295 g/mol. The number of ether oxygens (including phenoxy) is 1. The van der Waals surface area contributed by atoms with Gasteiger partial charge in [-0.15, -0.1) is 6.42 Å². The molecule has 7 nitrogen and oxygen atoms in total. The van der Waals surface area contributed by atoms with Crippen LogP contribution < -0.4 is 0 Å². The zero-order valence-corrected chi connectivity index (χ0v) is 11.3. The highest BCUT2D eigenvalue weighted by Gasteiger charge is 2.44. The van der Waals surface area contributed by atoms with Gasteiger partial charge >= 0.3 is 0 Å². The SMILES string of the molecule is C#CCN1C(=O)C(CO)=CC(C2CC(O)C(CO)O2)C1=O. The number of hydrogen-bond donors (Lipinski definition) is 3. The number of terminal acetylenes is 1. The Morgan fingerprint density at radius 1 is 1.43 bits per heavy atom. The smallest absolute Gasteiger partial charge is 0.259 e. The average molecular weight is 295 g/mol. The van der Waals surface area contributed by atoms with Crippen LogP contribution in [0.3, 0.4) is 0 Å². The van der Waals surface area contributed by atoms with Crippen LogP contribution in [0, 0.1) is 18.3 Å². The zero-order chi connectivity index (χ0) is 15.6. The minimum Gasteiger partial charge on any atom is -0.394 e. The maximum atomic E-state index is 12.3. The third-order valence-corrected chi connectivity index (χ3v) is 3.70. The highest BCUT2D eigenvalue weighted by atomic mass is 16.5. The third-order valence-electron chi connectivity index (χ3n) is 3.70. The first-order valence-electron chi connectivity index (χ1n) is 6.58. The van der Waals surface area contributed by atoms with Crippen LogP contribution in [-0.4, -0.2) is 70.1 Å². The van der Waals surface area contributed by atoms with Crippen LogP contribution in [0.2, 0.25) is 0 Å². The van der Waals surface area contributed by atoms with E-state index in [1.807, 2.05) is 0 Å². The molecular weight excluding hydrogens is 278 g/mol. The summed E-state index contributed by atoms with van der Waals surface area (Å²) in [4.78, 5) is 25.2. The van der Waals surface area contributed by atoms with Gasteiger partial charge in [-0.2, -0.15) is 0 Å². The molecule has 0 aromatic rings. The van der Waals surface area contributed by atoms with E-state index in [4.69, 9.17) is 16.3 Å². The molecule has 0 aliphatic carbocycles. The second-order valence-electron chi connectivity index (χ2n) is 5.01. The molecule has 1 fully saturated rings. The van der Waals surface area contributed by atoms with Gasteiger partial charge in [-0.25, -0.2) is 0 Å². The molecule has 114 valence electrons. The predicted octanol–water partition coefficient (Wildman–Crippen LogP) is -1.97. The van der Waals surface area contributed by atoms with Gasteiger partial charge in [0.1, 0.15) is 6.10 Å². The van der Waals surface area contributed by atoms with E-state index in [1.165, 1.54) is 6.08 Å². The maximum Gasteiger partial charge on any atom is 0.259 e. The Balaban J connectivity index is 2.26. The van der Waals surface area contributed by atoms with Gasteiger partial charge in [-0.05, 0) is 0 Å². The number of aliphatic hydroxyl groups excluding tert-OH is 3. The molecular formula is C14H17NO6. The number of rotatable bonds is 4. The maximum absolute atomic E-state index is 12.3. The molecule has 1 saturated heterocycles. The second kappa shape index (κ2) is 6.37. The van der Waals surface area contributed by atoms with Gasteiger partial charge in [0, 0.05) is 12.0 Å². The molecule has 0 spiro atoms. The number of aliphatic hydroxyl groups is 3. The minimum absolute atomic E-state index is 0.0698. The largest absolute Gasteiger partial charge is 0.394 e. The molecule has 0 aromatic carbocycles. The van der Waals surface area contributed by atoms with Crippen molar-refractivity contribution in [2.24, 2.45) is 5.92 Å². The van der Waals surface area contributed by atoms with Gasteiger partial charge in [-0.1, -0.05) is 12.0 Å². The van der Waals surface area contributed by atoms with Crippen LogP contribution in [0.25, 0.3) is 0 Å². The molecule has 4 atom stereocenters. The normalized spacial score (nSPS) is 33.0. The Kier molecular flexibility index (Phi) is 4.75. The molecule has 3 N–H and O–H groups in total. The van der Waals surface area contributed by atoms with Crippen molar-refractivity contribution in [3.63, 3.8) is 0 Å². The predicted molar refractivity (Wildman–Crippen MR) is 70.6 cm³/mol. The van der Waals surface area contributed by atoms with Crippen molar-refractivity contribution < 1.29 is 29.6 Å². The number of imide groups is 1. The van der Waals surface area contributed by atoms with Crippen molar-refractivity contribution in [2.45, 2.75) is 24.7 Å². The number of amides is 2. The van der Waals surface area contributed by atoms with Gasteiger partial charge in [0.2, 0.25) is 5.91 Å². The first kappa shape index (κ1) is 15.7. The van der Waals surface area contributed by atoms with Crippen molar-refractivity contribution >= 4 is 11.8 Å². The molecule has 2 amide bonds. The van der Waals surface area contributed by atoms with Crippen molar-refractivity contribution in [1.29, 1.82) is 0 Å². The fourth-order valence-electron chi connectivity index (χ4n) is 2.60. The van der Waals surface area contributed by atoms with Crippen molar-refractivity contribution in [3.8, 4) is 12.3 Å². The number of carbonyl (C=O) groups is 2. The Bertz CT molecular complexity index is 508. The molecule has 7 heteroatoms. The van der Waals surface area contributed by atoms with Crippen molar-refractivity contribution in [1.82, 2.24) is 4.90 Å². The Morgan fingerprint density at radius 3 is 2.67 bits per heavy atom.